The number of carbonyl (C=O) groups excluding carboxylic acids is 6. The third-order valence-electron chi connectivity index (χ3n) is 12.8. The molecule has 0 bridgehead atoms. The zero-order chi connectivity index (χ0) is 47.9. The van der Waals surface area contributed by atoms with E-state index in [0.717, 1.165) is 23.3 Å². The SMILES string of the molecule is CC[C@H](C)[C@H](NC(=O)OC)C(=O)N1CCC[C@H]1C(=O)Nc1ccc([C@H]2CC[C@H](c3ccc(NC(=O)C4CCCN4C(=O)[C@@H](NC(=O)OC)[C@@H](C)I)cc3)N2c2ccc(C(F)(F)F)cc2)cc1. The number of likely N-dealkylation sites (tertiary alicyclic amines) is 2. The molecular weight excluding hydrogens is 974 g/mol. The molecule has 0 radical (unpaired) electrons. The topological polar surface area (TPSA) is 179 Å². The Bertz CT molecular complexity index is 2210. The molecule has 3 saturated heterocycles. The predicted molar refractivity (Wildman–Crippen MR) is 250 cm³/mol. The lowest BCUT2D eigenvalue weighted by Gasteiger charge is -2.34. The number of rotatable bonds is 14. The van der Waals surface area contributed by atoms with Gasteiger partial charge in [0.2, 0.25) is 23.6 Å². The molecule has 6 rings (SSSR count). The Labute approximate surface area is 396 Å². The van der Waals surface area contributed by atoms with E-state index in [4.69, 9.17) is 9.47 Å². The van der Waals surface area contributed by atoms with Crippen molar-refractivity contribution in [2.75, 3.05) is 42.8 Å². The lowest BCUT2D eigenvalue weighted by molar-refractivity contribution is -0.139. The maximum Gasteiger partial charge on any atom is 0.416 e. The summed E-state index contributed by atoms with van der Waals surface area (Å²) in [6.45, 7) is 6.27. The van der Waals surface area contributed by atoms with Crippen LogP contribution in [0.2, 0.25) is 0 Å². The van der Waals surface area contributed by atoms with E-state index in [0.29, 0.717) is 75.1 Å². The van der Waals surface area contributed by atoms with Gasteiger partial charge in [0.15, 0.2) is 0 Å². The quantitative estimate of drug-likeness (QED) is 0.0921. The van der Waals surface area contributed by atoms with Crippen molar-refractivity contribution in [3.63, 3.8) is 0 Å². The van der Waals surface area contributed by atoms with E-state index < -0.39 is 48.1 Å². The molecule has 3 heterocycles. The third kappa shape index (κ3) is 11.5. The maximum absolute atomic E-state index is 13.7. The highest BCUT2D eigenvalue weighted by atomic mass is 127. The Kier molecular flexibility index (Phi) is 16.5. The van der Waals surface area contributed by atoms with Crippen LogP contribution >= 0.6 is 22.6 Å². The molecule has 0 saturated carbocycles. The first-order valence-corrected chi connectivity index (χ1v) is 23.4. The highest BCUT2D eigenvalue weighted by Gasteiger charge is 2.42. The lowest BCUT2D eigenvalue weighted by atomic mass is 9.97. The van der Waals surface area contributed by atoms with Crippen LogP contribution in [-0.4, -0.2) is 101 Å². The molecular formula is C47H57F3IN7O8. The summed E-state index contributed by atoms with van der Waals surface area (Å²) in [7, 11) is 2.44. The van der Waals surface area contributed by atoms with Gasteiger partial charge in [-0.3, -0.25) is 19.2 Å². The van der Waals surface area contributed by atoms with Crippen molar-refractivity contribution >= 4 is 75.5 Å². The van der Waals surface area contributed by atoms with Gasteiger partial charge in [0, 0.05) is 34.1 Å². The van der Waals surface area contributed by atoms with Gasteiger partial charge in [-0.05, 0) is 104 Å². The van der Waals surface area contributed by atoms with Crippen LogP contribution in [0.1, 0.15) is 94.5 Å². The van der Waals surface area contributed by atoms with E-state index >= 15 is 0 Å². The number of hydrogen-bond acceptors (Lipinski definition) is 9. The fourth-order valence-corrected chi connectivity index (χ4v) is 9.56. The minimum absolute atomic E-state index is 0.200. The van der Waals surface area contributed by atoms with E-state index in [-0.39, 0.29) is 45.6 Å². The number of alkyl halides is 4. The Balaban J connectivity index is 1.17. The Hall–Kier alpha value is -5.60. The molecule has 0 spiro atoms. The number of carbonyl (C=O) groups is 6. The van der Waals surface area contributed by atoms with Crippen LogP contribution in [-0.2, 0) is 34.8 Å². The standard InChI is InChI=1S/C47H57F3IN7O8/c1-6-27(2)39(54-45(63)65-4)43(61)56-25-7-9-37(56)41(59)52-32-17-11-29(12-18-32)35-23-24-36(58(35)34-21-15-31(16-22-34)47(48,49)50)30-13-19-33(20-14-30)53-42(60)38-10-8-26-57(38)44(62)40(28(3)51)55-46(64)66-5/h11-22,27-28,35-40H,6-10,23-26H2,1-5H3,(H,52,59)(H,53,60)(H,54,63)(H,55,64)/t27-,28+,35+,36+,37-,38?,39-,40-/m0/s1. The number of hydrogen-bond donors (Lipinski definition) is 4. The summed E-state index contributed by atoms with van der Waals surface area (Å²) in [5, 5.41) is 11.1. The van der Waals surface area contributed by atoms with Gasteiger partial charge in [0.25, 0.3) is 0 Å². The molecule has 1 unspecified atom stereocenters. The average molecular weight is 1030 g/mol. The van der Waals surface area contributed by atoms with E-state index in [1.807, 2.05) is 60.7 Å². The largest absolute Gasteiger partial charge is 0.453 e. The predicted octanol–water partition coefficient (Wildman–Crippen LogP) is 7.97. The summed E-state index contributed by atoms with van der Waals surface area (Å²) in [4.78, 5) is 83.6. The second kappa shape index (κ2) is 21.8. The van der Waals surface area contributed by atoms with Gasteiger partial charge >= 0.3 is 18.4 Å². The summed E-state index contributed by atoms with van der Waals surface area (Å²) in [5.41, 5.74) is 2.57. The van der Waals surface area contributed by atoms with Crippen LogP contribution in [0, 0.1) is 5.92 Å². The van der Waals surface area contributed by atoms with Gasteiger partial charge in [-0.1, -0.05) is 74.0 Å². The number of methoxy groups -OCH3 is 2. The fourth-order valence-electron chi connectivity index (χ4n) is 9.07. The van der Waals surface area contributed by atoms with Crippen LogP contribution in [0.4, 0.5) is 39.8 Å². The van der Waals surface area contributed by atoms with Crippen LogP contribution in [0.3, 0.4) is 0 Å². The molecule has 4 N–H and O–H groups in total. The monoisotopic (exact) mass is 1030 g/mol. The normalized spacial score (nSPS) is 21.3. The van der Waals surface area contributed by atoms with Crippen molar-refractivity contribution in [3.8, 4) is 0 Å². The second-order valence-electron chi connectivity index (χ2n) is 17.0. The zero-order valence-electron chi connectivity index (χ0n) is 37.5. The van der Waals surface area contributed by atoms with Crippen molar-refractivity contribution < 1.29 is 51.4 Å². The number of amides is 6. The van der Waals surface area contributed by atoms with E-state index in [9.17, 15) is 41.9 Å². The van der Waals surface area contributed by atoms with E-state index in [1.165, 1.54) is 36.2 Å². The number of nitrogens with one attached hydrogen (secondary N) is 4. The number of benzene rings is 3. The molecule has 66 heavy (non-hydrogen) atoms. The fraction of sp³-hybridized carbons (Fsp3) is 0.489. The highest BCUT2D eigenvalue weighted by Crippen LogP contribution is 2.47. The number of alkyl carbamates (subject to hydrolysis) is 2. The smallest absolute Gasteiger partial charge is 0.416 e. The second-order valence-corrected chi connectivity index (χ2v) is 18.9. The van der Waals surface area contributed by atoms with Gasteiger partial charge < -0.3 is 45.4 Å². The highest BCUT2D eigenvalue weighted by molar-refractivity contribution is 14.1. The molecule has 6 amide bonds. The van der Waals surface area contributed by atoms with Crippen molar-refractivity contribution in [3.05, 3.63) is 89.5 Å². The summed E-state index contributed by atoms with van der Waals surface area (Å²) in [6, 6.07) is 15.9. The molecule has 3 aliphatic rings. The van der Waals surface area contributed by atoms with Gasteiger partial charge in [-0.2, -0.15) is 13.2 Å². The maximum atomic E-state index is 13.7. The molecule has 0 aromatic heterocycles. The summed E-state index contributed by atoms with van der Waals surface area (Å²) >= 11 is 2.05. The van der Waals surface area contributed by atoms with Crippen molar-refractivity contribution in [1.82, 2.24) is 20.4 Å². The minimum atomic E-state index is -4.51. The first kappa shape index (κ1) is 49.8. The Morgan fingerprint density at radius 2 is 1.09 bits per heavy atom. The van der Waals surface area contributed by atoms with Crippen molar-refractivity contribution in [2.24, 2.45) is 5.92 Å². The molecule has 8 atom stereocenters. The summed E-state index contributed by atoms with van der Waals surface area (Å²) in [6.07, 6.45) is -1.92. The van der Waals surface area contributed by atoms with Crippen LogP contribution < -0.4 is 26.2 Å². The molecule has 356 valence electrons. The minimum Gasteiger partial charge on any atom is -0.453 e. The first-order chi connectivity index (χ1) is 31.4. The van der Waals surface area contributed by atoms with Gasteiger partial charge in [-0.25, -0.2) is 9.59 Å². The molecule has 3 aromatic rings. The molecule has 3 aromatic carbocycles. The number of ether oxygens (including phenoxy) is 2. The lowest BCUT2D eigenvalue weighted by Crippen LogP contribution is -2.55. The van der Waals surface area contributed by atoms with Crippen molar-refractivity contribution in [2.45, 2.75) is 112 Å². The Morgan fingerprint density at radius 3 is 1.48 bits per heavy atom. The molecule has 19 heteroatoms. The average Bonchev–Trinajstić information content (AvgIpc) is 4.10. The van der Waals surface area contributed by atoms with Gasteiger partial charge in [-0.15, -0.1) is 0 Å². The number of halogens is 4. The zero-order valence-corrected chi connectivity index (χ0v) is 39.7. The summed E-state index contributed by atoms with van der Waals surface area (Å²) < 4.78 is 50.2. The summed E-state index contributed by atoms with van der Waals surface area (Å²) in [5.74, 6) is -1.65. The molecule has 15 nitrogen and oxygen atoms in total. The Morgan fingerprint density at radius 1 is 0.667 bits per heavy atom. The van der Waals surface area contributed by atoms with E-state index in [2.05, 4.69) is 26.2 Å². The number of anilines is 3. The molecule has 3 aliphatic heterocycles. The molecule has 0 aliphatic carbocycles. The van der Waals surface area contributed by atoms with Crippen LogP contribution in [0.15, 0.2) is 72.8 Å². The van der Waals surface area contributed by atoms with Crippen LogP contribution in [0.25, 0.3) is 0 Å². The number of nitrogens with zero attached hydrogens (tertiary/aromatic N) is 3. The van der Waals surface area contributed by atoms with E-state index in [1.54, 1.807) is 31.2 Å². The van der Waals surface area contributed by atoms with Crippen molar-refractivity contribution in [1.29, 1.82) is 0 Å². The van der Waals surface area contributed by atoms with Gasteiger partial charge in [0.1, 0.15) is 24.2 Å². The van der Waals surface area contributed by atoms with Crippen LogP contribution in [0.5, 0.6) is 0 Å². The first-order valence-electron chi connectivity index (χ1n) is 22.2. The third-order valence-corrected chi connectivity index (χ3v) is 13.5. The van der Waals surface area contributed by atoms with Gasteiger partial charge in [0.05, 0.1) is 31.9 Å². The molecule has 3 fully saturated rings.